The molecule has 0 spiro atoms. The highest BCUT2D eigenvalue weighted by atomic mass is 32.1. The number of thiazole rings is 1. The van der Waals surface area contributed by atoms with Crippen LogP contribution in [-0.2, 0) is 4.74 Å². The van der Waals surface area contributed by atoms with Gasteiger partial charge in [-0.25, -0.2) is 0 Å². The fraction of sp³-hybridized carbons (Fsp3) is 0.500. The van der Waals surface area contributed by atoms with E-state index in [9.17, 15) is 14.7 Å². The number of ether oxygens (including phenoxy) is 1. The molecule has 8 nitrogen and oxygen atoms in total. The van der Waals surface area contributed by atoms with Crippen LogP contribution in [0, 0.1) is 17.8 Å². The SMILES string of the molecule is CC#C[C@@H]1C[C@@H]([C@@H](C)O)[C@H](n2c(=O)sc3c(=O)[nH]c(N)nc32)O1. The summed E-state index contributed by atoms with van der Waals surface area (Å²) in [5.74, 6) is 5.26. The summed E-state index contributed by atoms with van der Waals surface area (Å²) in [4.78, 5) is 30.3. The summed E-state index contributed by atoms with van der Waals surface area (Å²) in [6, 6.07) is 0. The van der Waals surface area contributed by atoms with Gasteiger partial charge in [-0.15, -0.1) is 5.92 Å². The second-order valence-corrected chi connectivity index (χ2v) is 6.35. The summed E-state index contributed by atoms with van der Waals surface area (Å²) < 4.78 is 7.31. The number of H-pyrrole nitrogens is 1. The van der Waals surface area contributed by atoms with Gasteiger partial charge in [0.1, 0.15) is 17.0 Å². The van der Waals surface area contributed by atoms with Gasteiger partial charge in [0.15, 0.2) is 5.65 Å². The fourth-order valence-electron chi connectivity index (χ4n) is 2.80. The summed E-state index contributed by atoms with van der Waals surface area (Å²) in [5.41, 5.74) is 5.28. The monoisotopic (exact) mass is 336 g/mol. The Morgan fingerprint density at radius 2 is 2.30 bits per heavy atom. The molecular weight excluding hydrogens is 320 g/mol. The number of aliphatic hydroxyl groups is 1. The van der Waals surface area contributed by atoms with E-state index in [-0.39, 0.29) is 33.2 Å². The lowest BCUT2D eigenvalue weighted by Gasteiger charge is -2.21. The van der Waals surface area contributed by atoms with Gasteiger partial charge in [-0.2, -0.15) is 4.98 Å². The number of anilines is 1. The van der Waals surface area contributed by atoms with Crippen molar-refractivity contribution in [3.63, 3.8) is 0 Å². The molecule has 1 fully saturated rings. The average Bonchev–Trinajstić information content (AvgIpc) is 3.00. The second-order valence-electron chi connectivity index (χ2n) is 5.39. The lowest BCUT2D eigenvalue weighted by atomic mass is 9.97. The highest BCUT2D eigenvalue weighted by Crippen LogP contribution is 2.37. The number of rotatable bonds is 2. The van der Waals surface area contributed by atoms with E-state index in [0.717, 1.165) is 11.3 Å². The van der Waals surface area contributed by atoms with Crippen LogP contribution in [0.3, 0.4) is 0 Å². The molecule has 1 aliphatic rings. The molecule has 0 saturated carbocycles. The third-order valence-electron chi connectivity index (χ3n) is 3.83. The van der Waals surface area contributed by atoms with Gasteiger partial charge in [-0.05, 0) is 20.3 Å². The molecule has 0 unspecified atom stereocenters. The van der Waals surface area contributed by atoms with Crippen molar-refractivity contribution >= 4 is 27.6 Å². The van der Waals surface area contributed by atoms with E-state index in [1.165, 1.54) is 4.57 Å². The van der Waals surface area contributed by atoms with Crippen molar-refractivity contribution in [1.82, 2.24) is 14.5 Å². The number of nitrogen functional groups attached to an aromatic ring is 1. The van der Waals surface area contributed by atoms with Gasteiger partial charge in [-0.1, -0.05) is 17.3 Å². The first-order valence-electron chi connectivity index (χ1n) is 7.09. The normalized spacial score (nSPS) is 25.3. The Bertz CT molecular complexity index is 917. The highest BCUT2D eigenvalue weighted by molar-refractivity contribution is 7.16. The Kier molecular flexibility index (Phi) is 3.97. The molecule has 0 amide bonds. The number of aliphatic hydroxyl groups excluding tert-OH is 1. The smallest absolute Gasteiger partial charge is 0.311 e. The third-order valence-corrected chi connectivity index (χ3v) is 4.77. The van der Waals surface area contributed by atoms with Crippen LogP contribution in [0.4, 0.5) is 5.95 Å². The molecule has 0 aromatic carbocycles. The van der Waals surface area contributed by atoms with E-state index in [2.05, 4.69) is 21.8 Å². The van der Waals surface area contributed by atoms with Gasteiger partial charge < -0.3 is 15.6 Å². The molecule has 0 aliphatic carbocycles. The van der Waals surface area contributed by atoms with E-state index in [1.54, 1.807) is 13.8 Å². The van der Waals surface area contributed by atoms with Crippen molar-refractivity contribution in [1.29, 1.82) is 0 Å². The number of fused-ring (bicyclic) bond motifs is 1. The molecule has 4 N–H and O–H groups in total. The van der Waals surface area contributed by atoms with Gasteiger partial charge in [-0.3, -0.25) is 19.1 Å². The fourth-order valence-corrected chi connectivity index (χ4v) is 3.64. The van der Waals surface area contributed by atoms with E-state index in [1.807, 2.05) is 0 Å². The molecule has 3 heterocycles. The average molecular weight is 336 g/mol. The van der Waals surface area contributed by atoms with Crippen LogP contribution < -0.4 is 16.2 Å². The second kappa shape index (κ2) is 5.81. The zero-order valence-corrected chi connectivity index (χ0v) is 13.4. The quantitative estimate of drug-likeness (QED) is 0.665. The molecule has 9 heteroatoms. The van der Waals surface area contributed by atoms with Crippen LogP contribution in [0.15, 0.2) is 9.59 Å². The predicted molar refractivity (Wildman–Crippen MR) is 86.1 cm³/mol. The summed E-state index contributed by atoms with van der Waals surface area (Å²) in [6.45, 7) is 3.33. The van der Waals surface area contributed by atoms with Gasteiger partial charge in [0.25, 0.3) is 5.56 Å². The van der Waals surface area contributed by atoms with Crippen molar-refractivity contribution in [2.45, 2.75) is 38.7 Å². The lowest BCUT2D eigenvalue weighted by Crippen LogP contribution is -2.29. The summed E-state index contributed by atoms with van der Waals surface area (Å²) in [6.07, 6.45) is -1.34. The first-order valence-corrected chi connectivity index (χ1v) is 7.90. The van der Waals surface area contributed by atoms with E-state index >= 15 is 0 Å². The zero-order valence-electron chi connectivity index (χ0n) is 12.6. The molecule has 2 aromatic heterocycles. The number of aromatic amines is 1. The standard InChI is InChI=1S/C14H16N4O4S/c1-3-4-7-5-8(6(2)19)12(22-7)18-10-9(23-14(18)21)11(20)17-13(15)16-10/h6-8,12,19H,5H2,1-2H3,(H3,15,16,17,20)/t6-,7-,8+,12-/m1/s1. The molecule has 0 radical (unpaired) electrons. The first kappa shape index (κ1) is 15.7. The maximum atomic E-state index is 12.4. The summed E-state index contributed by atoms with van der Waals surface area (Å²) in [7, 11) is 0. The van der Waals surface area contributed by atoms with Crippen LogP contribution in [0.2, 0.25) is 0 Å². The number of nitrogens with two attached hydrogens (primary N) is 1. The molecular formula is C14H16N4O4S. The molecule has 4 atom stereocenters. The van der Waals surface area contributed by atoms with Crippen LogP contribution >= 0.6 is 11.3 Å². The molecule has 122 valence electrons. The van der Waals surface area contributed by atoms with Gasteiger partial charge >= 0.3 is 4.87 Å². The van der Waals surface area contributed by atoms with E-state index < -0.39 is 17.9 Å². The van der Waals surface area contributed by atoms with Crippen molar-refractivity contribution in [2.75, 3.05) is 5.73 Å². The molecule has 23 heavy (non-hydrogen) atoms. The lowest BCUT2D eigenvalue weighted by molar-refractivity contribution is -0.0182. The van der Waals surface area contributed by atoms with E-state index in [4.69, 9.17) is 10.5 Å². The van der Waals surface area contributed by atoms with Crippen molar-refractivity contribution in [3.05, 3.63) is 20.0 Å². The first-order chi connectivity index (χ1) is 10.9. The van der Waals surface area contributed by atoms with E-state index in [0.29, 0.717) is 6.42 Å². The Morgan fingerprint density at radius 1 is 1.57 bits per heavy atom. The van der Waals surface area contributed by atoms with Crippen molar-refractivity contribution in [3.8, 4) is 11.8 Å². The predicted octanol–water partition coefficient (Wildman–Crippen LogP) is 0.0363. The largest absolute Gasteiger partial charge is 0.393 e. The zero-order chi connectivity index (χ0) is 16.7. The van der Waals surface area contributed by atoms with Crippen molar-refractivity contribution < 1.29 is 9.84 Å². The third kappa shape index (κ3) is 2.65. The maximum absolute atomic E-state index is 12.4. The van der Waals surface area contributed by atoms with Gasteiger partial charge in [0, 0.05) is 5.92 Å². The topological polar surface area (TPSA) is 123 Å². The summed E-state index contributed by atoms with van der Waals surface area (Å²) in [5, 5.41) is 10.0. The number of nitrogens with zero attached hydrogens (tertiary/aromatic N) is 2. The molecule has 1 saturated heterocycles. The number of hydrogen-bond acceptors (Lipinski definition) is 7. The minimum atomic E-state index is -0.740. The Labute approximate surface area is 134 Å². The molecule has 2 aromatic rings. The number of hydrogen-bond donors (Lipinski definition) is 3. The minimum absolute atomic E-state index is 0.0782. The molecule has 3 rings (SSSR count). The minimum Gasteiger partial charge on any atom is -0.393 e. The Hall–Kier alpha value is -2.15. The van der Waals surface area contributed by atoms with Gasteiger partial charge in [0.05, 0.1) is 6.10 Å². The maximum Gasteiger partial charge on any atom is 0.311 e. The highest BCUT2D eigenvalue weighted by Gasteiger charge is 2.40. The van der Waals surface area contributed by atoms with Crippen molar-refractivity contribution in [2.24, 2.45) is 5.92 Å². The van der Waals surface area contributed by atoms with Gasteiger partial charge in [0.2, 0.25) is 5.95 Å². The molecule has 1 aliphatic heterocycles. The number of nitrogens with one attached hydrogen (secondary N) is 1. The van der Waals surface area contributed by atoms with Crippen LogP contribution in [0.5, 0.6) is 0 Å². The Morgan fingerprint density at radius 3 is 2.96 bits per heavy atom. The van der Waals surface area contributed by atoms with Crippen LogP contribution in [0.25, 0.3) is 10.3 Å². The molecule has 0 bridgehead atoms. The Balaban J connectivity index is 2.18. The van der Waals surface area contributed by atoms with Crippen LogP contribution in [0.1, 0.15) is 26.5 Å². The van der Waals surface area contributed by atoms with Crippen LogP contribution in [-0.4, -0.2) is 31.8 Å². The summed E-state index contributed by atoms with van der Waals surface area (Å²) >= 11 is 0.777. The number of aromatic nitrogens is 3.